The van der Waals surface area contributed by atoms with E-state index in [0.29, 0.717) is 58.5 Å². The second kappa shape index (κ2) is 14.2. The van der Waals surface area contributed by atoms with Gasteiger partial charge >= 0.3 is 0 Å². The van der Waals surface area contributed by atoms with Crippen molar-refractivity contribution >= 4 is 29.3 Å². The highest BCUT2D eigenvalue weighted by atomic mass is 32.2. The molecule has 1 aromatic heterocycles. The van der Waals surface area contributed by atoms with Crippen LogP contribution in [0.5, 0.6) is 17.2 Å². The van der Waals surface area contributed by atoms with Crippen LogP contribution in [0, 0.1) is 0 Å². The summed E-state index contributed by atoms with van der Waals surface area (Å²) in [5, 5.41) is 11.8. The lowest BCUT2D eigenvalue weighted by Crippen LogP contribution is -2.31. The number of thioether (sulfide) groups is 1. The molecule has 0 bridgehead atoms. The van der Waals surface area contributed by atoms with E-state index in [0.717, 1.165) is 24.2 Å². The van der Waals surface area contributed by atoms with Gasteiger partial charge in [0.15, 0.2) is 11.5 Å². The van der Waals surface area contributed by atoms with Gasteiger partial charge in [-0.2, -0.15) is 4.98 Å². The molecule has 10 heteroatoms. The molecular formula is C33H37N5O4S. The van der Waals surface area contributed by atoms with Crippen LogP contribution in [0.3, 0.4) is 0 Å². The monoisotopic (exact) mass is 599 g/mol. The predicted octanol–water partition coefficient (Wildman–Crippen LogP) is 6.74. The predicted molar refractivity (Wildman–Crippen MR) is 170 cm³/mol. The number of benzene rings is 3. The lowest BCUT2D eigenvalue weighted by atomic mass is 9.94. The van der Waals surface area contributed by atoms with Gasteiger partial charge in [0.1, 0.15) is 11.8 Å². The van der Waals surface area contributed by atoms with Gasteiger partial charge in [-0.05, 0) is 55.7 Å². The number of carbonyl (C=O) groups is 1. The summed E-state index contributed by atoms with van der Waals surface area (Å²) in [5.74, 6) is 3.01. The molecule has 1 aliphatic rings. The van der Waals surface area contributed by atoms with Crippen LogP contribution in [-0.4, -0.2) is 46.7 Å². The van der Waals surface area contributed by atoms with Crippen molar-refractivity contribution in [2.75, 3.05) is 36.7 Å². The zero-order valence-electron chi connectivity index (χ0n) is 24.9. The molecule has 4 aromatic rings. The third-order valence-corrected chi connectivity index (χ3v) is 7.99. The van der Waals surface area contributed by atoms with E-state index < -0.39 is 6.04 Å². The molecule has 224 valence electrons. The number of amides is 1. The summed E-state index contributed by atoms with van der Waals surface area (Å²) >= 11 is 1.59. The van der Waals surface area contributed by atoms with Crippen LogP contribution in [0.15, 0.2) is 89.2 Å². The van der Waals surface area contributed by atoms with Crippen molar-refractivity contribution in [3.05, 3.63) is 95.2 Å². The summed E-state index contributed by atoms with van der Waals surface area (Å²) in [5.41, 5.74) is 3.80. The van der Waals surface area contributed by atoms with Crippen molar-refractivity contribution in [2.45, 2.75) is 44.8 Å². The molecule has 1 atom stereocenters. The van der Waals surface area contributed by atoms with Gasteiger partial charge in [-0.3, -0.25) is 4.79 Å². The Morgan fingerprint density at radius 2 is 1.79 bits per heavy atom. The third-order valence-electron chi connectivity index (χ3n) is 6.94. The highest BCUT2D eigenvalue weighted by Gasteiger charge is 2.35. The normalized spacial score (nSPS) is 14.1. The number of rotatable bonds is 13. The van der Waals surface area contributed by atoms with E-state index in [4.69, 9.17) is 24.3 Å². The van der Waals surface area contributed by atoms with E-state index in [2.05, 4.69) is 29.7 Å². The summed E-state index contributed by atoms with van der Waals surface area (Å²) < 4.78 is 19.4. The van der Waals surface area contributed by atoms with Gasteiger partial charge < -0.3 is 24.8 Å². The van der Waals surface area contributed by atoms with Crippen LogP contribution >= 0.6 is 11.8 Å². The van der Waals surface area contributed by atoms with Crippen LogP contribution < -0.4 is 24.8 Å². The van der Waals surface area contributed by atoms with E-state index in [1.165, 1.54) is 5.56 Å². The summed E-state index contributed by atoms with van der Waals surface area (Å²) in [6.07, 6.45) is 1.77. The molecule has 9 nitrogen and oxygen atoms in total. The minimum atomic E-state index is -0.564. The van der Waals surface area contributed by atoms with Crippen molar-refractivity contribution in [3.8, 4) is 17.2 Å². The fraction of sp³-hybridized carbons (Fsp3) is 0.303. The zero-order chi connectivity index (χ0) is 30.2. The number of aromatic nitrogens is 3. The van der Waals surface area contributed by atoms with E-state index in [1.807, 2.05) is 74.5 Å². The van der Waals surface area contributed by atoms with Gasteiger partial charge in [-0.15, -0.1) is 5.10 Å². The fourth-order valence-electron chi connectivity index (χ4n) is 4.93. The number of allylic oxidation sites excluding steroid dienone is 1. The Morgan fingerprint density at radius 1 is 1.00 bits per heavy atom. The molecule has 2 N–H and O–H groups in total. The minimum Gasteiger partial charge on any atom is -0.493 e. The number of fused-ring (bicyclic) bond motifs is 1. The average molecular weight is 600 g/mol. The molecular weight excluding hydrogens is 562 g/mol. The van der Waals surface area contributed by atoms with Gasteiger partial charge in [0.25, 0.3) is 5.91 Å². The van der Waals surface area contributed by atoms with Crippen LogP contribution in [-0.2, 0) is 11.2 Å². The van der Waals surface area contributed by atoms with Crippen LogP contribution in [0.2, 0.25) is 0 Å². The number of hydrogen-bond donors (Lipinski definition) is 2. The highest BCUT2D eigenvalue weighted by Crippen LogP contribution is 2.40. The minimum absolute atomic E-state index is 0.270. The zero-order valence-corrected chi connectivity index (χ0v) is 25.7. The number of anilines is 2. The smallest absolute Gasteiger partial charge is 0.255 e. The Labute approximate surface area is 256 Å². The van der Waals surface area contributed by atoms with E-state index in [1.54, 1.807) is 23.6 Å². The molecule has 5 rings (SSSR count). The second-order valence-electron chi connectivity index (χ2n) is 9.95. The van der Waals surface area contributed by atoms with Crippen molar-refractivity contribution in [3.63, 3.8) is 0 Å². The van der Waals surface area contributed by atoms with Crippen molar-refractivity contribution in [2.24, 2.45) is 0 Å². The van der Waals surface area contributed by atoms with Crippen LogP contribution in [0.4, 0.5) is 11.6 Å². The first-order valence-electron chi connectivity index (χ1n) is 14.5. The van der Waals surface area contributed by atoms with E-state index in [-0.39, 0.29) is 5.91 Å². The molecule has 43 heavy (non-hydrogen) atoms. The summed E-state index contributed by atoms with van der Waals surface area (Å²) in [7, 11) is 1.62. The molecule has 3 aromatic carbocycles. The number of carbonyl (C=O) groups excluding carboxylic acids is 1. The highest BCUT2D eigenvalue weighted by molar-refractivity contribution is 7.99. The Morgan fingerprint density at radius 3 is 2.56 bits per heavy atom. The first kappa shape index (κ1) is 30.0. The molecule has 0 aliphatic carbocycles. The Bertz CT molecular complexity index is 1590. The molecule has 1 amide bonds. The summed E-state index contributed by atoms with van der Waals surface area (Å²) in [6, 6.07) is 22.8. The standard InChI is InChI=1S/C33H37N5O4S/c1-5-20-43-33-36-32-34-22(3)29(31(39)35-25-14-10-11-15-26(25)41-6-2)30(38(32)37-33)24-16-17-27(28(21-24)40-4)42-19-18-23-12-8-7-9-13-23/h7-17,21,30H,5-6,18-20H2,1-4H3,(H,35,39)(H,34,36,37). The SMILES string of the molecule is CCCSc1nc2n(n1)C(c1ccc(OCCc3ccccc3)c(OC)c1)C(C(=O)Nc1ccccc1OCC)=C(C)N2. The molecule has 0 saturated heterocycles. The van der Waals surface area contributed by atoms with Gasteiger partial charge in [-0.25, -0.2) is 4.68 Å². The summed E-state index contributed by atoms with van der Waals surface area (Å²) in [4.78, 5) is 18.7. The van der Waals surface area contributed by atoms with Crippen molar-refractivity contribution in [1.29, 1.82) is 0 Å². The number of nitrogens with zero attached hydrogens (tertiary/aromatic N) is 3. The van der Waals surface area contributed by atoms with Crippen molar-refractivity contribution < 1.29 is 19.0 Å². The van der Waals surface area contributed by atoms with Crippen molar-refractivity contribution in [1.82, 2.24) is 14.8 Å². The van der Waals surface area contributed by atoms with Crippen LogP contribution in [0.1, 0.15) is 44.4 Å². The number of para-hydroxylation sites is 2. The summed E-state index contributed by atoms with van der Waals surface area (Å²) in [6.45, 7) is 6.90. The molecule has 2 heterocycles. The molecule has 0 spiro atoms. The third kappa shape index (κ3) is 6.97. The molecule has 1 unspecified atom stereocenters. The number of hydrogen-bond acceptors (Lipinski definition) is 8. The maximum absolute atomic E-state index is 14.0. The van der Waals surface area contributed by atoms with E-state index in [9.17, 15) is 4.79 Å². The van der Waals surface area contributed by atoms with E-state index >= 15 is 0 Å². The fourth-order valence-corrected chi connectivity index (χ4v) is 5.61. The maximum atomic E-state index is 14.0. The Kier molecular flexibility index (Phi) is 9.88. The van der Waals surface area contributed by atoms with Crippen LogP contribution in [0.25, 0.3) is 0 Å². The molecule has 0 fully saturated rings. The lowest BCUT2D eigenvalue weighted by molar-refractivity contribution is -0.113. The lowest BCUT2D eigenvalue weighted by Gasteiger charge is -2.29. The molecule has 0 saturated carbocycles. The van der Waals surface area contributed by atoms with Gasteiger partial charge in [0.2, 0.25) is 11.1 Å². The van der Waals surface area contributed by atoms with Gasteiger partial charge in [0, 0.05) is 17.9 Å². The quantitative estimate of drug-likeness (QED) is 0.163. The first-order valence-corrected chi connectivity index (χ1v) is 15.5. The average Bonchev–Trinajstić information content (AvgIpc) is 3.43. The second-order valence-corrected chi connectivity index (χ2v) is 11.0. The number of methoxy groups -OCH3 is 1. The molecule has 0 radical (unpaired) electrons. The number of ether oxygens (including phenoxy) is 3. The molecule has 1 aliphatic heterocycles. The first-order chi connectivity index (χ1) is 21.0. The largest absolute Gasteiger partial charge is 0.493 e. The van der Waals surface area contributed by atoms with Gasteiger partial charge in [-0.1, -0.05) is 67.2 Å². The Hall–Kier alpha value is -4.44. The number of nitrogens with one attached hydrogen (secondary N) is 2. The Balaban J connectivity index is 1.48. The maximum Gasteiger partial charge on any atom is 0.255 e. The topological polar surface area (TPSA) is 99.5 Å². The van der Waals surface area contributed by atoms with Gasteiger partial charge in [0.05, 0.1) is 31.6 Å².